The Morgan fingerprint density at radius 1 is 1.05 bits per heavy atom. The number of nitrogens with one attached hydrogen (secondary N) is 1. The van der Waals surface area contributed by atoms with Gasteiger partial charge < -0.3 is 10.2 Å². The Morgan fingerprint density at radius 2 is 1.74 bits per heavy atom. The molecule has 1 heterocycles. The molecular weight excluding hydrogens is 236 g/mol. The van der Waals surface area contributed by atoms with Crippen molar-refractivity contribution in [1.29, 1.82) is 0 Å². The van der Waals surface area contributed by atoms with Crippen molar-refractivity contribution in [3.63, 3.8) is 0 Å². The van der Waals surface area contributed by atoms with Gasteiger partial charge in [-0.15, -0.1) is 0 Å². The first-order valence-electron chi connectivity index (χ1n) is 7.31. The van der Waals surface area contributed by atoms with Crippen LogP contribution in [0, 0.1) is 0 Å². The zero-order valence-corrected chi connectivity index (χ0v) is 12.6. The molecule has 1 aliphatic heterocycles. The van der Waals surface area contributed by atoms with E-state index >= 15 is 0 Å². The van der Waals surface area contributed by atoms with Crippen molar-refractivity contribution in [2.45, 2.75) is 39.5 Å². The van der Waals surface area contributed by atoms with Gasteiger partial charge in [0.25, 0.3) is 0 Å². The number of hydrazine groups is 1. The summed E-state index contributed by atoms with van der Waals surface area (Å²) in [6.07, 6.45) is 0. The minimum Gasteiger partial charge on any atom is -0.379 e. The second-order valence-electron chi connectivity index (χ2n) is 5.87. The van der Waals surface area contributed by atoms with Crippen LogP contribution in [0.4, 0.5) is 5.69 Å². The summed E-state index contributed by atoms with van der Waals surface area (Å²) in [6, 6.07) is 6.80. The number of hydrogen-bond donors (Lipinski definition) is 1. The lowest BCUT2D eigenvalue weighted by atomic mass is 9.94. The largest absolute Gasteiger partial charge is 0.379 e. The highest BCUT2D eigenvalue weighted by Crippen LogP contribution is 2.28. The molecule has 3 heteroatoms. The van der Waals surface area contributed by atoms with Crippen molar-refractivity contribution in [3.8, 4) is 0 Å². The van der Waals surface area contributed by atoms with Crippen LogP contribution in [-0.2, 0) is 4.74 Å². The summed E-state index contributed by atoms with van der Waals surface area (Å²) in [5.41, 5.74) is 7.60. The standard InChI is InChI=1S/C16H26N2O/c1-12(2)14-5-6-16(15(11-14)13(3)4)17-18-7-9-19-10-8-18/h5-6,11-13,17H,7-10H2,1-4H3. The monoisotopic (exact) mass is 262 g/mol. The van der Waals surface area contributed by atoms with E-state index in [4.69, 9.17) is 4.74 Å². The highest BCUT2D eigenvalue weighted by molar-refractivity contribution is 5.54. The molecule has 0 saturated carbocycles. The Bertz CT molecular complexity index is 409. The molecule has 0 aromatic heterocycles. The maximum absolute atomic E-state index is 5.38. The summed E-state index contributed by atoms with van der Waals surface area (Å²) in [4.78, 5) is 0. The Morgan fingerprint density at radius 3 is 2.32 bits per heavy atom. The predicted molar refractivity (Wildman–Crippen MR) is 80.6 cm³/mol. The maximum atomic E-state index is 5.38. The summed E-state index contributed by atoms with van der Waals surface area (Å²) >= 11 is 0. The molecule has 0 bridgehead atoms. The van der Waals surface area contributed by atoms with E-state index in [9.17, 15) is 0 Å². The predicted octanol–water partition coefficient (Wildman–Crippen LogP) is 3.59. The second-order valence-corrected chi connectivity index (χ2v) is 5.87. The lowest BCUT2D eigenvalue weighted by Gasteiger charge is -2.29. The molecule has 1 aliphatic rings. The number of rotatable bonds is 4. The normalized spacial score (nSPS) is 17.2. The number of ether oxygens (including phenoxy) is 1. The third-order valence-electron chi connectivity index (χ3n) is 3.65. The molecule has 0 aliphatic carbocycles. The quantitative estimate of drug-likeness (QED) is 0.897. The first-order chi connectivity index (χ1) is 9.08. The van der Waals surface area contributed by atoms with Crippen LogP contribution in [0.2, 0.25) is 0 Å². The van der Waals surface area contributed by atoms with Gasteiger partial charge in [0.15, 0.2) is 0 Å². The molecule has 0 atom stereocenters. The maximum Gasteiger partial charge on any atom is 0.0612 e. The molecule has 1 aromatic carbocycles. The molecule has 106 valence electrons. The summed E-state index contributed by atoms with van der Waals surface area (Å²) < 4.78 is 5.38. The minimum absolute atomic E-state index is 0.530. The summed E-state index contributed by atoms with van der Waals surface area (Å²) in [7, 11) is 0. The minimum atomic E-state index is 0.530. The van der Waals surface area contributed by atoms with Crippen LogP contribution in [0.1, 0.15) is 50.7 Å². The highest BCUT2D eigenvalue weighted by Gasteiger charge is 2.14. The topological polar surface area (TPSA) is 24.5 Å². The van der Waals surface area contributed by atoms with E-state index < -0.39 is 0 Å². The van der Waals surface area contributed by atoms with E-state index in [2.05, 4.69) is 56.3 Å². The fraction of sp³-hybridized carbons (Fsp3) is 0.625. The van der Waals surface area contributed by atoms with E-state index in [1.165, 1.54) is 16.8 Å². The van der Waals surface area contributed by atoms with Gasteiger partial charge in [0.05, 0.1) is 18.9 Å². The fourth-order valence-corrected chi connectivity index (χ4v) is 2.37. The van der Waals surface area contributed by atoms with Crippen molar-refractivity contribution in [1.82, 2.24) is 5.01 Å². The molecule has 0 spiro atoms. The molecule has 0 unspecified atom stereocenters. The van der Waals surface area contributed by atoms with Crippen LogP contribution in [0.3, 0.4) is 0 Å². The van der Waals surface area contributed by atoms with E-state index in [-0.39, 0.29) is 0 Å². The number of morpholine rings is 1. The van der Waals surface area contributed by atoms with Gasteiger partial charge >= 0.3 is 0 Å². The van der Waals surface area contributed by atoms with Crippen LogP contribution in [-0.4, -0.2) is 31.3 Å². The van der Waals surface area contributed by atoms with E-state index in [0.29, 0.717) is 11.8 Å². The zero-order valence-electron chi connectivity index (χ0n) is 12.6. The van der Waals surface area contributed by atoms with Gasteiger partial charge in [-0.1, -0.05) is 39.8 Å². The van der Waals surface area contributed by atoms with Gasteiger partial charge in [-0.05, 0) is 29.0 Å². The van der Waals surface area contributed by atoms with Gasteiger partial charge in [-0.25, -0.2) is 5.01 Å². The average Bonchev–Trinajstić information content (AvgIpc) is 2.39. The number of anilines is 1. The molecule has 1 saturated heterocycles. The van der Waals surface area contributed by atoms with Crippen LogP contribution < -0.4 is 5.43 Å². The first kappa shape index (κ1) is 14.4. The van der Waals surface area contributed by atoms with Crippen molar-refractivity contribution in [2.75, 3.05) is 31.7 Å². The molecule has 1 fully saturated rings. The first-order valence-corrected chi connectivity index (χ1v) is 7.31. The third-order valence-corrected chi connectivity index (χ3v) is 3.65. The van der Waals surface area contributed by atoms with Crippen LogP contribution in [0.25, 0.3) is 0 Å². The van der Waals surface area contributed by atoms with Crippen molar-refractivity contribution >= 4 is 5.69 Å². The van der Waals surface area contributed by atoms with Gasteiger partial charge in [0.1, 0.15) is 0 Å². The van der Waals surface area contributed by atoms with Crippen LogP contribution in [0.5, 0.6) is 0 Å². The molecule has 0 amide bonds. The molecule has 0 radical (unpaired) electrons. The summed E-state index contributed by atoms with van der Waals surface area (Å²) in [5.74, 6) is 1.11. The Labute approximate surface area is 116 Å². The average molecular weight is 262 g/mol. The van der Waals surface area contributed by atoms with Gasteiger partial charge in [0, 0.05) is 13.1 Å². The third kappa shape index (κ3) is 3.71. The van der Waals surface area contributed by atoms with Gasteiger partial charge in [-0.3, -0.25) is 0 Å². The number of hydrogen-bond acceptors (Lipinski definition) is 3. The Hall–Kier alpha value is -1.06. The molecule has 3 nitrogen and oxygen atoms in total. The molecule has 19 heavy (non-hydrogen) atoms. The number of benzene rings is 1. The van der Waals surface area contributed by atoms with Crippen LogP contribution in [0.15, 0.2) is 18.2 Å². The lowest BCUT2D eigenvalue weighted by Crippen LogP contribution is -2.40. The Balaban J connectivity index is 2.18. The van der Waals surface area contributed by atoms with Gasteiger partial charge in [0.2, 0.25) is 0 Å². The van der Waals surface area contributed by atoms with E-state index in [0.717, 1.165) is 26.3 Å². The van der Waals surface area contributed by atoms with Crippen molar-refractivity contribution < 1.29 is 4.74 Å². The SMILES string of the molecule is CC(C)c1ccc(NN2CCOCC2)c(C(C)C)c1. The number of nitrogens with zero attached hydrogens (tertiary/aromatic N) is 1. The Kier molecular flexibility index (Phi) is 4.83. The lowest BCUT2D eigenvalue weighted by molar-refractivity contribution is 0.0496. The zero-order chi connectivity index (χ0) is 13.8. The highest BCUT2D eigenvalue weighted by atomic mass is 16.5. The fourth-order valence-electron chi connectivity index (χ4n) is 2.37. The van der Waals surface area contributed by atoms with Crippen molar-refractivity contribution in [2.24, 2.45) is 0 Å². The molecule has 1 aromatic rings. The summed E-state index contributed by atoms with van der Waals surface area (Å²) in [5, 5.41) is 2.25. The smallest absolute Gasteiger partial charge is 0.0612 e. The van der Waals surface area contributed by atoms with E-state index in [1.807, 2.05) is 0 Å². The van der Waals surface area contributed by atoms with Crippen molar-refractivity contribution in [3.05, 3.63) is 29.3 Å². The van der Waals surface area contributed by atoms with Crippen LogP contribution >= 0.6 is 0 Å². The molecule has 2 rings (SSSR count). The summed E-state index contributed by atoms with van der Waals surface area (Å²) in [6.45, 7) is 12.5. The second kappa shape index (κ2) is 6.40. The van der Waals surface area contributed by atoms with E-state index in [1.54, 1.807) is 0 Å². The molecular formula is C16H26N2O. The van der Waals surface area contributed by atoms with Gasteiger partial charge in [-0.2, -0.15) is 0 Å². The molecule has 1 N–H and O–H groups in total.